The van der Waals surface area contributed by atoms with Crippen LogP contribution in [-0.2, 0) is 9.53 Å². The van der Waals surface area contributed by atoms with Gasteiger partial charge in [0.15, 0.2) is 0 Å². The van der Waals surface area contributed by atoms with E-state index >= 15 is 0 Å². The number of hydrogen-bond donors (Lipinski definition) is 3. The maximum Gasteiger partial charge on any atom is 0.342 e. The van der Waals surface area contributed by atoms with Gasteiger partial charge in [0.1, 0.15) is 16.9 Å². The zero-order chi connectivity index (χ0) is 21.7. The second-order valence-electron chi connectivity index (χ2n) is 5.68. The van der Waals surface area contributed by atoms with Gasteiger partial charge in [-0.3, -0.25) is 19.7 Å². The van der Waals surface area contributed by atoms with Crippen molar-refractivity contribution in [2.24, 2.45) is 5.73 Å². The first kappa shape index (κ1) is 22.3. The highest BCUT2D eigenvalue weighted by Crippen LogP contribution is 2.27. The second kappa shape index (κ2) is 9.44. The van der Waals surface area contributed by atoms with Crippen molar-refractivity contribution in [1.82, 2.24) is 5.32 Å². The largest absolute Gasteiger partial charge is 0.462 e. The molecule has 29 heavy (non-hydrogen) atoms. The van der Waals surface area contributed by atoms with Crippen LogP contribution in [-0.4, -0.2) is 36.8 Å². The van der Waals surface area contributed by atoms with Crippen LogP contribution in [0, 0.1) is 6.92 Å². The third-order valence-corrected chi connectivity index (χ3v) is 4.20. The van der Waals surface area contributed by atoms with Crippen molar-refractivity contribution in [2.45, 2.75) is 13.8 Å². The topological polar surface area (TPSA) is 141 Å². The molecule has 1 aromatic heterocycles. The molecule has 0 radical (unpaired) electrons. The van der Waals surface area contributed by atoms with E-state index < -0.39 is 30.2 Å². The lowest BCUT2D eigenvalue weighted by Gasteiger charge is -2.08. The number of aryl methyl sites for hydroxylation is 1. The normalized spacial score (nSPS) is 10.3. The first-order chi connectivity index (χ1) is 13.6. The summed E-state index contributed by atoms with van der Waals surface area (Å²) in [5.41, 5.74) is 4.94. The molecule has 0 aliphatic heterocycles. The Balaban J connectivity index is 2.12. The summed E-state index contributed by atoms with van der Waals surface area (Å²) in [6.07, 6.45) is 0. The summed E-state index contributed by atoms with van der Waals surface area (Å²) >= 11 is 11.7. The molecule has 2 aromatic rings. The molecular formula is C18H17Cl2N3O6. The maximum atomic E-state index is 12.2. The molecule has 0 aliphatic carbocycles. The number of benzene rings is 1. The Kier molecular flexibility index (Phi) is 7.24. The smallest absolute Gasteiger partial charge is 0.342 e. The molecule has 3 amide bonds. The lowest BCUT2D eigenvalue weighted by molar-refractivity contribution is -0.115. The number of esters is 1. The van der Waals surface area contributed by atoms with E-state index in [9.17, 15) is 19.2 Å². The Morgan fingerprint density at radius 2 is 1.86 bits per heavy atom. The van der Waals surface area contributed by atoms with Crippen LogP contribution < -0.4 is 16.4 Å². The van der Waals surface area contributed by atoms with Crippen molar-refractivity contribution in [3.8, 4) is 0 Å². The number of hydrogen-bond acceptors (Lipinski definition) is 6. The number of anilines is 1. The Morgan fingerprint density at radius 1 is 1.17 bits per heavy atom. The molecular weight excluding hydrogens is 425 g/mol. The van der Waals surface area contributed by atoms with Crippen molar-refractivity contribution < 1.29 is 28.3 Å². The summed E-state index contributed by atoms with van der Waals surface area (Å²) in [6, 6.07) is 4.27. The molecule has 1 heterocycles. The average Bonchev–Trinajstić information content (AvgIpc) is 2.96. The van der Waals surface area contributed by atoms with E-state index in [0.29, 0.717) is 5.02 Å². The van der Waals surface area contributed by atoms with Crippen molar-refractivity contribution in [3.05, 3.63) is 50.7 Å². The van der Waals surface area contributed by atoms with E-state index in [2.05, 4.69) is 10.6 Å². The molecule has 0 atom stereocenters. The number of nitrogens with one attached hydrogen (secondary N) is 2. The first-order valence-corrected chi connectivity index (χ1v) is 9.04. The summed E-state index contributed by atoms with van der Waals surface area (Å²) in [5.74, 6) is -3.41. The van der Waals surface area contributed by atoms with E-state index in [1.165, 1.54) is 25.1 Å². The van der Waals surface area contributed by atoms with Gasteiger partial charge in [-0.05, 0) is 32.0 Å². The highest BCUT2D eigenvalue weighted by Gasteiger charge is 2.29. The fraction of sp³-hybridized carbons (Fsp3) is 0.222. The number of halogens is 2. The maximum absolute atomic E-state index is 12.2. The minimum atomic E-state index is -0.989. The number of amides is 3. The Hall–Kier alpha value is -3.04. The van der Waals surface area contributed by atoms with E-state index in [4.69, 9.17) is 38.1 Å². The molecule has 11 heteroatoms. The molecule has 0 fully saturated rings. The van der Waals surface area contributed by atoms with Crippen molar-refractivity contribution in [3.63, 3.8) is 0 Å². The number of primary amides is 1. The van der Waals surface area contributed by atoms with Gasteiger partial charge < -0.3 is 20.2 Å². The van der Waals surface area contributed by atoms with Crippen LogP contribution >= 0.6 is 23.2 Å². The zero-order valence-electron chi connectivity index (χ0n) is 15.4. The molecule has 0 saturated carbocycles. The first-order valence-electron chi connectivity index (χ1n) is 8.29. The fourth-order valence-corrected chi connectivity index (χ4v) is 2.91. The third-order valence-electron chi connectivity index (χ3n) is 3.65. The van der Waals surface area contributed by atoms with Crippen molar-refractivity contribution in [2.75, 3.05) is 18.5 Å². The van der Waals surface area contributed by atoms with Gasteiger partial charge in [0.25, 0.3) is 11.8 Å². The molecule has 154 valence electrons. The Labute approximate surface area is 175 Å². The molecule has 0 aliphatic rings. The predicted octanol–water partition coefficient (Wildman–Crippen LogP) is 2.54. The molecule has 4 N–H and O–H groups in total. The van der Waals surface area contributed by atoms with Gasteiger partial charge in [0.2, 0.25) is 11.8 Å². The third kappa shape index (κ3) is 5.27. The standard InChI is InChI=1S/C18H17Cl2N3O6/c1-3-28-18(27)13-8(2)29-17(14(13)15(21)25)23-12(24)7-22-16(26)10-5-4-9(19)6-11(10)20/h4-6H,3,7H2,1-2H3,(H2,21,25)(H,22,26)(H,23,24). The minimum absolute atomic E-state index is 0.0459. The van der Waals surface area contributed by atoms with Crippen LogP contribution in [0.2, 0.25) is 10.0 Å². The molecule has 0 unspecified atom stereocenters. The number of nitrogens with two attached hydrogens (primary N) is 1. The molecule has 9 nitrogen and oxygen atoms in total. The van der Waals surface area contributed by atoms with Crippen LogP contribution in [0.25, 0.3) is 0 Å². The van der Waals surface area contributed by atoms with Crippen LogP contribution in [0.1, 0.15) is 43.8 Å². The van der Waals surface area contributed by atoms with Gasteiger partial charge in [-0.1, -0.05) is 23.2 Å². The summed E-state index contributed by atoms with van der Waals surface area (Å²) in [6.45, 7) is 2.61. The highest BCUT2D eigenvalue weighted by molar-refractivity contribution is 6.36. The van der Waals surface area contributed by atoms with Gasteiger partial charge in [-0.25, -0.2) is 4.79 Å². The average molecular weight is 442 g/mol. The van der Waals surface area contributed by atoms with Gasteiger partial charge in [0.05, 0.1) is 23.7 Å². The summed E-state index contributed by atoms with van der Waals surface area (Å²) in [5, 5.41) is 5.14. The van der Waals surface area contributed by atoms with Gasteiger partial charge >= 0.3 is 5.97 Å². The molecule has 0 bridgehead atoms. The number of furan rings is 1. The lowest BCUT2D eigenvalue weighted by atomic mass is 10.1. The van der Waals surface area contributed by atoms with Crippen LogP contribution in [0.3, 0.4) is 0 Å². The molecule has 0 spiro atoms. The number of rotatable bonds is 7. The van der Waals surface area contributed by atoms with Crippen molar-refractivity contribution >= 4 is 52.8 Å². The van der Waals surface area contributed by atoms with E-state index in [-0.39, 0.29) is 40.0 Å². The minimum Gasteiger partial charge on any atom is -0.462 e. The number of carbonyl (C=O) groups is 4. The van der Waals surface area contributed by atoms with E-state index in [1.807, 2.05) is 0 Å². The summed E-state index contributed by atoms with van der Waals surface area (Å²) in [4.78, 5) is 48.1. The Morgan fingerprint density at radius 3 is 2.45 bits per heavy atom. The van der Waals surface area contributed by atoms with Crippen LogP contribution in [0.5, 0.6) is 0 Å². The monoisotopic (exact) mass is 441 g/mol. The van der Waals surface area contributed by atoms with Gasteiger partial charge in [0, 0.05) is 5.02 Å². The quantitative estimate of drug-likeness (QED) is 0.563. The Bertz CT molecular complexity index is 986. The van der Waals surface area contributed by atoms with E-state index in [1.54, 1.807) is 6.92 Å². The molecule has 0 saturated heterocycles. The van der Waals surface area contributed by atoms with Crippen LogP contribution in [0.4, 0.5) is 5.88 Å². The van der Waals surface area contributed by atoms with Crippen molar-refractivity contribution in [1.29, 1.82) is 0 Å². The molecule has 2 rings (SSSR count). The number of ether oxygens (including phenoxy) is 1. The zero-order valence-corrected chi connectivity index (χ0v) is 16.9. The summed E-state index contributed by atoms with van der Waals surface area (Å²) in [7, 11) is 0. The van der Waals surface area contributed by atoms with E-state index in [0.717, 1.165) is 0 Å². The second-order valence-corrected chi connectivity index (χ2v) is 6.52. The van der Waals surface area contributed by atoms with Gasteiger partial charge in [-0.2, -0.15) is 0 Å². The SMILES string of the molecule is CCOC(=O)c1c(C)oc(NC(=O)CNC(=O)c2ccc(Cl)cc2Cl)c1C(N)=O. The molecule has 1 aromatic carbocycles. The van der Waals surface area contributed by atoms with Gasteiger partial charge in [-0.15, -0.1) is 0 Å². The number of carbonyl (C=O) groups excluding carboxylic acids is 4. The summed E-state index contributed by atoms with van der Waals surface area (Å²) < 4.78 is 10.2. The van der Waals surface area contributed by atoms with Crippen LogP contribution in [0.15, 0.2) is 22.6 Å². The predicted molar refractivity (Wildman–Crippen MR) is 105 cm³/mol. The lowest BCUT2D eigenvalue weighted by Crippen LogP contribution is -2.33. The highest BCUT2D eigenvalue weighted by atomic mass is 35.5. The fourth-order valence-electron chi connectivity index (χ4n) is 2.42.